The molecular weight excluding hydrogens is 207 g/mol. The molecule has 0 spiro atoms. The molecule has 0 atom stereocenters. The predicted octanol–water partition coefficient (Wildman–Crippen LogP) is 2.67. The third-order valence-electron chi connectivity index (χ3n) is 3.74. The van der Waals surface area contributed by atoms with E-state index in [1.807, 2.05) is 12.1 Å². The van der Waals surface area contributed by atoms with Crippen LogP contribution >= 0.6 is 0 Å². The molecule has 0 amide bonds. The predicted molar refractivity (Wildman–Crippen MR) is 70.1 cm³/mol. The Morgan fingerprint density at radius 3 is 2.41 bits per heavy atom. The van der Waals surface area contributed by atoms with Crippen LogP contribution in [0.1, 0.15) is 25.0 Å². The summed E-state index contributed by atoms with van der Waals surface area (Å²) in [5.74, 6) is 0. The van der Waals surface area contributed by atoms with Gasteiger partial charge in [0.1, 0.15) is 0 Å². The van der Waals surface area contributed by atoms with Gasteiger partial charge < -0.3 is 0 Å². The topological polar surface area (TPSA) is 17.1 Å². The second-order valence-corrected chi connectivity index (χ2v) is 5.06. The molecule has 0 aromatic heterocycles. The van der Waals surface area contributed by atoms with E-state index in [9.17, 15) is 4.70 Å². The minimum absolute atomic E-state index is 0.0799. The summed E-state index contributed by atoms with van der Waals surface area (Å²) in [5, 5.41) is 0. The van der Waals surface area contributed by atoms with Gasteiger partial charge in [0.25, 0.3) is 0 Å². The zero-order chi connectivity index (χ0) is 12.0. The molecule has 1 aliphatic carbocycles. The van der Waals surface area contributed by atoms with E-state index >= 15 is 0 Å². The standard InChI is InChI=1S/C15H13BO/c1-15(2)12-8-4-3-6-10(12)11-7-5-9-13(16-17)14(11)15/h3-9H,1-2H3. The van der Waals surface area contributed by atoms with Crippen LogP contribution in [0, 0.1) is 0 Å². The van der Waals surface area contributed by atoms with Gasteiger partial charge in [-0.25, -0.2) is 0 Å². The molecule has 0 aliphatic heterocycles. The van der Waals surface area contributed by atoms with Crippen LogP contribution < -0.4 is 5.46 Å². The van der Waals surface area contributed by atoms with Crippen molar-refractivity contribution in [1.82, 2.24) is 0 Å². The third-order valence-corrected chi connectivity index (χ3v) is 3.74. The second kappa shape index (κ2) is 3.40. The van der Waals surface area contributed by atoms with Gasteiger partial charge in [-0.05, 0) is 0 Å². The molecule has 1 nitrogen and oxygen atoms in total. The van der Waals surface area contributed by atoms with Gasteiger partial charge in [0.05, 0.1) is 0 Å². The summed E-state index contributed by atoms with van der Waals surface area (Å²) in [6, 6.07) is 14.4. The van der Waals surface area contributed by atoms with Crippen LogP contribution in [0.3, 0.4) is 0 Å². The van der Waals surface area contributed by atoms with Crippen LogP contribution in [-0.2, 0) is 10.1 Å². The Morgan fingerprint density at radius 1 is 0.941 bits per heavy atom. The van der Waals surface area contributed by atoms with E-state index in [2.05, 4.69) is 44.2 Å². The van der Waals surface area contributed by atoms with Crippen molar-refractivity contribution in [2.24, 2.45) is 0 Å². The average Bonchev–Trinajstić information content (AvgIpc) is 2.60. The molecule has 0 heterocycles. The summed E-state index contributed by atoms with van der Waals surface area (Å²) in [5.41, 5.74) is 5.67. The van der Waals surface area contributed by atoms with Crippen molar-refractivity contribution >= 4 is 12.6 Å². The van der Waals surface area contributed by atoms with Crippen molar-refractivity contribution in [1.29, 1.82) is 0 Å². The number of hydrogen-bond acceptors (Lipinski definition) is 1. The Morgan fingerprint density at radius 2 is 1.65 bits per heavy atom. The summed E-state index contributed by atoms with van der Waals surface area (Å²) in [4.78, 5) is 0. The number of fused-ring (bicyclic) bond motifs is 3. The normalized spacial score (nSPS) is 14.9. The van der Waals surface area contributed by atoms with Gasteiger partial charge in [0.2, 0.25) is 0 Å². The molecule has 17 heavy (non-hydrogen) atoms. The van der Waals surface area contributed by atoms with Crippen LogP contribution in [0.25, 0.3) is 11.1 Å². The van der Waals surface area contributed by atoms with Gasteiger partial charge in [-0.15, -0.1) is 0 Å². The molecular formula is C15H13BO. The van der Waals surface area contributed by atoms with Gasteiger partial charge >= 0.3 is 101 Å². The van der Waals surface area contributed by atoms with E-state index < -0.39 is 0 Å². The Kier molecular flexibility index (Phi) is 2.09. The van der Waals surface area contributed by atoms with Crippen molar-refractivity contribution in [3.63, 3.8) is 0 Å². The monoisotopic (exact) mass is 220 g/mol. The molecule has 0 radical (unpaired) electrons. The first kappa shape index (κ1) is 10.5. The zero-order valence-corrected chi connectivity index (χ0v) is 10.0. The maximum absolute atomic E-state index is 11.2. The van der Waals surface area contributed by atoms with Crippen LogP contribution in [0.5, 0.6) is 0 Å². The van der Waals surface area contributed by atoms with E-state index in [-0.39, 0.29) is 5.41 Å². The number of rotatable bonds is 1. The van der Waals surface area contributed by atoms with Gasteiger partial charge in [-0.3, -0.25) is 0 Å². The van der Waals surface area contributed by atoms with E-state index in [1.165, 1.54) is 16.7 Å². The average molecular weight is 220 g/mol. The van der Waals surface area contributed by atoms with Crippen LogP contribution in [-0.4, -0.2) is 7.15 Å². The summed E-state index contributed by atoms with van der Waals surface area (Å²) >= 11 is 0. The molecule has 0 saturated carbocycles. The maximum atomic E-state index is 11.2. The van der Waals surface area contributed by atoms with E-state index in [1.54, 1.807) is 0 Å². The summed E-state index contributed by atoms with van der Waals surface area (Å²) in [7, 11) is 0.965. The Hall–Kier alpha value is -1.70. The molecule has 2 aromatic rings. The molecule has 82 valence electrons. The summed E-state index contributed by atoms with van der Waals surface area (Å²) in [6.07, 6.45) is 0. The van der Waals surface area contributed by atoms with E-state index in [4.69, 9.17) is 0 Å². The van der Waals surface area contributed by atoms with Crippen molar-refractivity contribution < 1.29 is 4.70 Å². The van der Waals surface area contributed by atoms with Crippen LogP contribution in [0.2, 0.25) is 0 Å². The first-order chi connectivity index (χ1) is 8.16. The Labute approximate surface area is 102 Å². The Balaban J connectivity index is 2.43. The van der Waals surface area contributed by atoms with E-state index in [0.717, 1.165) is 18.2 Å². The van der Waals surface area contributed by atoms with Gasteiger partial charge in [0.15, 0.2) is 0 Å². The fraction of sp³-hybridized carbons (Fsp3) is 0.200. The molecule has 0 bridgehead atoms. The van der Waals surface area contributed by atoms with E-state index in [0.29, 0.717) is 0 Å². The van der Waals surface area contributed by atoms with Crippen molar-refractivity contribution in [2.45, 2.75) is 19.3 Å². The fourth-order valence-corrected chi connectivity index (χ4v) is 2.99. The first-order valence-electron chi connectivity index (χ1n) is 5.85. The molecule has 0 fully saturated rings. The van der Waals surface area contributed by atoms with Gasteiger partial charge in [-0.1, -0.05) is 0 Å². The molecule has 2 aromatic carbocycles. The van der Waals surface area contributed by atoms with Crippen LogP contribution in [0.15, 0.2) is 42.5 Å². The molecule has 0 unspecified atom stereocenters. The zero-order valence-electron chi connectivity index (χ0n) is 10.0. The molecule has 0 saturated heterocycles. The summed E-state index contributed by atoms with van der Waals surface area (Å²) in [6.45, 7) is 4.37. The number of benzene rings is 2. The number of hydrogen-bond donors (Lipinski definition) is 0. The first-order valence-corrected chi connectivity index (χ1v) is 5.85. The molecule has 0 N–H and O–H groups in total. The second-order valence-electron chi connectivity index (χ2n) is 5.06. The SMILES string of the molecule is CC1(C)c2ccccc2-c2cccc(B=O)c21. The van der Waals surface area contributed by atoms with Crippen molar-refractivity contribution in [2.75, 3.05) is 0 Å². The fourth-order valence-electron chi connectivity index (χ4n) is 2.99. The quantitative estimate of drug-likeness (QED) is 0.675. The van der Waals surface area contributed by atoms with Crippen molar-refractivity contribution in [3.05, 3.63) is 53.6 Å². The van der Waals surface area contributed by atoms with Gasteiger partial charge in [0, 0.05) is 0 Å². The molecule has 1 aliphatic rings. The third kappa shape index (κ3) is 1.27. The molecule has 2 heteroatoms. The Bertz CT molecular complexity index is 614. The van der Waals surface area contributed by atoms with Gasteiger partial charge in [-0.2, -0.15) is 0 Å². The summed E-state index contributed by atoms with van der Waals surface area (Å²) < 4.78 is 11.2. The minimum atomic E-state index is -0.0799. The van der Waals surface area contributed by atoms with Crippen LogP contribution in [0.4, 0.5) is 0 Å². The molecule has 3 rings (SSSR count). The van der Waals surface area contributed by atoms with Crippen molar-refractivity contribution in [3.8, 4) is 11.1 Å².